The molecule has 2 saturated heterocycles. The highest BCUT2D eigenvalue weighted by Gasteiger charge is 2.46. The molecule has 1 atom stereocenters. The summed E-state index contributed by atoms with van der Waals surface area (Å²) in [6.07, 6.45) is 1.08. The number of carbonyl (C=O) groups excluding carboxylic acids is 6. The van der Waals surface area contributed by atoms with Gasteiger partial charge in [-0.3, -0.25) is 43.8 Å². The number of methoxy groups -OCH3 is 1. The molecule has 2 aromatic heterocycles. The van der Waals surface area contributed by atoms with E-state index in [4.69, 9.17) is 35.6 Å². The zero-order valence-electron chi connectivity index (χ0n) is 41.6. The molecule has 5 amide bonds. The topological polar surface area (TPSA) is 184 Å². The molecule has 1 unspecified atom stereocenters. The van der Waals surface area contributed by atoms with Crippen LogP contribution in [-0.4, -0.2) is 129 Å². The maximum absolute atomic E-state index is 14.7. The van der Waals surface area contributed by atoms with Gasteiger partial charge < -0.3 is 28.4 Å². The number of halogens is 1. The maximum atomic E-state index is 14.7. The van der Waals surface area contributed by atoms with Crippen molar-refractivity contribution in [2.75, 3.05) is 53.0 Å². The van der Waals surface area contributed by atoms with E-state index in [9.17, 15) is 28.8 Å². The lowest BCUT2D eigenvalue weighted by molar-refractivity contribution is -0.136. The number of amides is 5. The van der Waals surface area contributed by atoms with Gasteiger partial charge in [-0.05, 0) is 89.1 Å². The molecule has 0 bridgehead atoms. The zero-order valence-corrected chi connectivity index (χ0v) is 42.3. The first kappa shape index (κ1) is 49.7. The number of ether oxygens (including phenoxy) is 4. The Kier molecular flexibility index (Phi) is 13.9. The molecular formula is C54H58ClN7O10. The lowest BCUT2D eigenvalue weighted by atomic mass is 9.98. The number of carbonyl (C=O) groups is 6. The van der Waals surface area contributed by atoms with Crippen molar-refractivity contribution in [2.24, 2.45) is 7.05 Å². The third-order valence-electron chi connectivity index (χ3n) is 13.6. The minimum Gasteiger partial charge on any atom is -0.497 e. The molecule has 18 heteroatoms. The van der Waals surface area contributed by atoms with Crippen molar-refractivity contribution in [3.8, 4) is 28.4 Å². The number of fused-ring (bicyclic) bond motifs is 3. The first-order chi connectivity index (χ1) is 34.4. The largest absolute Gasteiger partial charge is 0.497 e. The van der Waals surface area contributed by atoms with E-state index in [1.807, 2.05) is 94.9 Å². The Bertz CT molecular complexity index is 3180. The highest BCUT2D eigenvalue weighted by Crippen LogP contribution is 2.43. The summed E-state index contributed by atoms with van der Waals surface area (Å²) in [5, 5.41) is 10.3. The summed E-state index contributed by atoms with van der Waals surface area (Å²) in [5.41, 5.74) is 4.70. The van der Waals surface area contributed by atoms with Crippen LogP contribution in [0.2, 0.25) is 5.02 Å². The van der Waals surface area contributed by atoms with Crippen LogP contribution in [0.1, 0.15) is 88.2 Å². The molecule has 6 aromatic rings. The van der Waals surface area contributed by atoms with Crippen molar-refractivity contribution < 1.29 is 47.7 Å². The summed E-state index contributed by atoms with van der Waals surface area (Å²) < 4.78 is 28.0. The molecule has 376 valence electrons. The second kappa shape index (κ2) is 20.1. The van der Waals surface area contributed by atoms with Crippen molar-refractivity contribution in [1.29, 1.82) is 0 Å². The Labute approximate surface area is 421 Å². The van der Waals surface area contributed by atoms with Crippen molar-refractivity contribution >= 4 is 68.8 Å². The van der Waals surface area contributed by atoms with Gasteiger partial charge in [-0.2, -0.15) is 5.10 Å². The summed E-state index contributed by atoms with van der Waals surface area (Å²) >= 11 is 7.21. The van der Waals surface area contributed by atoms with Gasteiger partial charge in [0.05, 0.1) is 41.1 Å². The molecule has 0 aliphatic carbocycles. The van der Waals surface area contributed by atoms with Gasteiger partial charge in [-0.15, -0.1) is 0 Å². The SMILES string of the molecule is COc1cc(OCCCc2c(C(=O)OC(C)(C)C)n(CCN3CCN(C(=O)COc4cccc5c4C(=O)N(C4CCC(=O)NC4=O)C5=O)CC3)c3c(-c4c(C)nn(C)c4C)c(Cl)ccc23)c2ccccc2c1. The van der Waals surface area contributed by atoms with Crippen molar-refractivity contribution in [3.05, 3.63) is 106 Å². The summed E-state index contributed by atoms with van der Waals surface area (Å²) in [6.45, 7) is 12.2. The number of aryl methyl sites for hydroxylation is 3. The molecule has 0 saturated carbocycles. The van der Waals surface area contributed by atoms with Crippen LogP contribution >= 0.6 is 11.6 Å². The Balaban J connectivity index is 0.946. The van der Waals surface area contributed by atoms with Crippen LogP contribution in [0.3, 0.4) is 0 Å². The third kappa shape index (κ3) is 9.62. The molecule has 1 N–H and O–H groups in total. The van der Waals surface area contributed by atoms with Gasteiger partial charge in [-0.1, -0.05) is 48.0 Å². The highest BCUT2D eigenvalue weighted by atomic mass is 35.5. The number of nitrogens with one attached hydrogen (secondary N) is 1. The lowest BCUT2D eigenvalue weighted by Gasteiger charge is -2.35. The molecule has 2 fully saturated rings. The van der Waals surface area contributed by atoms with E-state index in [1.54, 1.807) is 18.1 Å². The van der Waals surface area contributed by atoms with Crippen LogP contribution in [0.15, 0.2) is 66.7 Å². The average molecular weight is 1000 g/mol. The van der Waals surface area contributed by atoms with E-state index in [2.05, 4.69) is 14.8 Å². The molecule has 17 nitrogen and oxygen atoms in total. The van der Waals surface area contributed by atoms with Gasteiger partial charge >= 0.3 is 5.97 Å². The van der Waals surface area contributed by atoms with E-state index in [1.165, 1.54) is 12.1 Å². The number of aromatic nitrogens is 3. The average Bonchev–Trinajstić information content (AvgIpc) is 3.90. The second-order valence-electron chi connectivity index (χ2n) is 19.4. The Morgan fingerprint density at radius 3 is 2.32 bits per heavy atom. The van der Waals surface area contributed by atoms with Gasteiger partial charge in [0.15, 0.2) is 6.61 Å². The number of nitrogens with zero attached hydrogens (tertiary/aromatic N) is 6. The van der Waals surface area contributed by atoms with E-state index in [0.29, 0.717) is 80.9 Å². The Hall–Kier alpha value is -7.24. The van der Waals surface area contributed by atoms with Gasteiger partial charge in [0.25, 0.3) is 17.7 Å². The number of imide groups is 2. The number of benzene rings is 4. The number of piperidine rings is 1. The predicted molar refractivity (Wildman–Crippen MR) is 270 cm³/mol. The van der Waals surface area contributed by atoms with Crippen LogP contribution in [0.5, 0.6) is 17.2 Å². The quantitative estimate of drug-likeness (QED) is 0.0629. The highest BCUT2D eigenvalue weighted by molar-refractivity contribution is 6.35. The molecule has 3 aliphatic rings. The summed E-state index contributed by atoms with van der Waals surface area (Å²) in [6, 6.07) is 19.1. The van der Waals surface area contributed by atoms with Gasteiger partial charge in [0.1, 0.15) is 34.6 Å². The normalized spacial score (nSPS) is 16.4. The Morgan fingerprint density at radius 2 is 1.61 bits per heavy atom. The molecule has 5 heterocycles. The van der Waals surface area contributed by atoms with E-state index >= 15 is 0 Å². The summed E-state index contributed by atoms with van der Waals surface area (Å²) in [4.78, 5) is 84.5. The van der Waals surface area contributed by atoms with Crippen LogP contribution in [0.4, 0.5) is 0 Å². The van der Waals surface area contributed by atoms with Crippen molar-refractivity contribution in [1.82, 2.24) is 34.4 Å². The first-order valence-corrected chi connectivity index (χ1v) is 24.6. The smallest absolute Gasteiger partial charge is 0.355 e. The predicted octanol–water partition coefficient (Wildman–Crippen LogP) is 7.07. The van der Waals surface area contributed by atoms with Crippen LogP contribution in [0, 0.1) is 13.8 Å². The molecular weight excluding hydrogens is 942 g/mol. The number of piperazine rings is 1. The Morgan fingerprint density at radius 1 is 0.847 bits per heavy atom. The zero-order chi connectivity index (χ0) is 51.2. The number of hydrogen-bond donors (Lipinski definition) is 1. The minimum absolute atomic E-state index is 0.00484. The lowest BCUT2D eigenvalue weighted by Crippen LogP contribution is -2.54. The van der Waals surface area contributed by atoms with Crippen LogP contribution in [-0.2, 0) is 39.1 Å². The summed E-state index contributed by atoms with van der Waals surface area (Å²) in [5.74, 6) is -1.86. The number of hydrogen-bond acceptors (Lipinski definition) is 12. The molecule has 9 rings (SSSR count). The fraction of sp³-hybridized carbons (Fsp3) is 0.389. The van der Waals surface area contributed by atoms with Crippen LogP contribution < -0.4 is 19.5 Å². The fourth-order valence-electron chi connectivity index (χ4n) is 10.1. The minimum atomic E-state index is -1.13. The molecule has 4 aromatic carbocycles. The maximum Gasteiger partial charge on any atom is 0.355 e. The first-order valence-electron chi connectivity index (χ1n) is 24.2. The fourth-order valence-corrected chi connectivity index (χ4v) is 10.4. The van der Waals surface area contributed by atoms with Gasteiger partial charge in [0.2, 0.25) is 11.8 Å². The molecule has 72 heavy (non-hydrogen) atoms. The standard InChI is InChI=1S/C54H58ClN7O10/c1-31-45(32(2)58(6)57-31)47-39(55)18-17-37-36(15-11-27-70-42-29-34(69-7)28-33-12-8-9-13-35(33)42)49(53(68)72-54(3,4)5)61(48(37)47)26-23-59-21-24-60(25-22-59)44(64)30-71-41-16-10-14-38-46(41)52(67)62(51(38)66)40-19-20-43(63)56-50(40)65/h8-10,12-14,16-18,28-29,40H,11,15,19-27,30H2,1-7H3,(H,56,63,65). The molecule has 0 spiro atoms. The van der Waals surface area contributed by atoms with E-state index in [-0.39, 0.29) is 42.2 Å². The monoisotopic (exact) mass is 999 g/mol. The summed E-state index contributed by atoms with van der Waals surface area (Å²) in [7, 11) is 3.53. The second-order valence-corrected chi connectivity index (χ2v) is 19.8. The van der Waals surface area contributed by atoms with Crippen molar-refractivity contribution in [2.45, 2.75) is 78.5 Å². The third-order valence-corrected chi connectivity index (χ3v) is 14.0. The van der Waals surface area contributed by atoms with Gasteiger partial charge in [0, 0.05) is 86.4 Å². The van der Waals surface area contributed by atoms with Crippen molar-refractivity contribution in [3.63, 3.8) is 0 Å². The van der Waals surface area contributed by atoms with E-state index in [0.717, 1.165) is 54.7 Å². The van der Waals surface area contributed by atoms with Crippen LogP contribution in [0.25, 0.3) is 32.8 Å². The molecule has 3 aliphatic heterocycles. The number of esters is 1. The molecule has 0 radical (unpaired) electrons. The number of rotatable bonds is 15. The van der Waals surface area contributed by atoms with E-state index < -0.39 is 41.2 Å². The van der Waals surface area contributed by atoms with Gasteiger partial charge in [-0.25, -0.2) is 4.79 Å².